The molecule has 0 fully saturated rings. The molecule has 3 heterocycles. The third-order valence-electron chi connectivity index (χ3n) is 5.18. The first-order valence-corrected chi connectivity index (χ1v) is 10.4. The second-order valence-corrected chi connectivity index (χ2v) is 9.04. The van der Waals surface area contributed by atoms with Gasteiger partial charge >= 0.3 is 0 Å². The summed E-state index contributed by atoms with van der Waals surface area (Å²) in [5.41, 5.74) is 3.45. The number of carbonyl (C=O) groups is 1. The van der Waals surface area contributed by atoms with E-state index < -0.39 is 16.1 Å². The van der Waals surface area contributed by atoms with E-state index >= 15 is 0 Å². The van der Waals surface area contributed by atoms with E-state index in [2.05, 4.69) is 4.98 Å². The van der Waals surface area contributed by atoms with Gasteiger partial charge in [0.25, 0.3) is 15.9 Å². The maximum Gasteiger partial charge on any atom is 0.261 e. The molecule has 1 atom stereocenters. The predicted octanol–water partition coefficient (Wildman–Crippen LogP) is 1.27. The molecule has 0 bridgehead atoms. The maximum absolute atomic E-state index is 12.7. The zero-order valence-electron chi connectivity index (χ0n) is 15.4. The van der Waals surface area contributed by atoms with Crippen molar-refractivity contribution in [2.24, 2.45) is 0 Å². The molecule has 0 aliphatic carbocycles. The summed E-state index contributed by atoms with van der Waals surface area (Å²) in [6.45, 7) is 3.12. The zero-order chi connectivity index (χ0) is 19.9. The average molecular weight is 399 g/mol. The smallest absolute Gasteiger partial charge is 0.261 e. The van der Waals surface area contributed by atoms with Gasteiger partial charge in [-0.1, -0.05) is 35.9 Å². The lowest BCUT2D eigenvalue weighted by Crippen LogP contribution is -2.38. The first kappa shape index (κ1) is 18.8. The molecule has 4 rings (SSSR count). The minimum absolute atomic E-state index is 0.0268. The lowest BCUT2D eigenvalue weighted by atomic mass is 10.1. The van der Waals surface area contributed by atoms with Crippen molar-refractivity contribution in [2.45, 2.75) is 18.1 Å². The zero-order valence-corrected chi connectivity index (χ0v) is 16.3. The summed E-state index contributed by atoms with van der Waals surface area (Å²) in [7, 11) is -3.65. The highest BCUT2D eigenvalue weighted by molar-refractivity contribution is 7.89. The molecule has 1 amide bonds. The van der Waals surface area contributed by atoms with Crippen LogP contribution >= 0.6 is 0 Å². The summed E-state index contributed by atoms with van der Waals surface area (Å²) >= 11 is 0. The second-order valence-electron chi connectivity index (χ2n) is 7.16. The van der Waals surface area contributed by atoms with Crippen LogP contribution in [-0.2, 0) is 14.8 Å². The van der Waals surface area contributed by atoms with E-state index in [4.69, 9.17) is 0 Å². The number of aryl methyl sites for hydroxylation is 1. The number of aliphatic hydroxyl groups is 1. The molecule has 2 aliphatic rings. The van der Waals surface area contributed by atoms with Crippen LogP contribution in [0.1, 0.15) is 17.2 Å². The Bertz CT molecular complexity index is 1010. The maximum atomic E-state index is 12.7. The minimum Gasteiger partial charge on any atom is -0.378 e. The van der Waals surface area contributed by atoms with E-state index in [1.165, 1.54) is 16.6 Å². The van der Waals surface area contributed by atoms with Crippen LogP contribution in [0.2, 0.25) is 0 Å². The Kier molecular flexibility index (Phi) is 4.78. The predicted molar refractivity (Wildman–Crippen MR) is 103 cm³/mol. The Labute approximate surface area is 164 Å². The first-order valence-electron chi connectivity index (χ1n) is 9.00. The van der Waals surface area contributed by atoms with Gasteiger partial charge in [-0.25, -0.2) is 13.4 Å². The second kappa shape index (κ2) is 7.12. The summed E-state index contributed by atoms with van der Waals surface area (Å²) < 4.78 is 26.8. The fourth-order valence-electron chi connectivity index (χ4n) is 3.57. The molecule has 0 saturated carbocycles. The molecule has 8 heteroatoms. The van der Waals surface area contributed by atoms with Gasteiger partial charge in [-0.3, -0.25) is 4.79 Å². The van der Waals surface area contributed by atoms with Crippen LogP contribution in [0.25, 0.3) is 0 Å². The van der Waals surface area contributed by atoms with Crippen LogP contribution in [0.5, 0.6) is 0 Å². The summed E-state index contributed by atoms with van der Waals surface area (Å²) in [4.78, 5) is 18.2. The monoisotopic (exact) mass is 399 g/mol. The third kappa shape index (κ3) is 3.34. The van der Waals surface area contributed by atoms with Gasteiger partial charge in [-0.15, -0.1) is 0 Å². The van der Waals surface area contributed by atoms with Crippen molar-refractivity contribution in [1.29, 1.82) is 0 Å². The van der Waals surface area contributed by atoms with Crippen molar-refractivity contribution in [2.75, 3.05) is 26.2 Å². The Morgan fingerprint density at radius 2 is 1.68 bits per heavy atom. The van der Waals surface area contributed by atoms with Gasteiger partial charge in [0.05, 0.1) is 0 Å². The molecule has 0 spiro atoms. The molecule has 146 valence electrons. The number of benzene rings is 1. The first-order chi connectivity index (χ1) is 13.4. The van der Waals surface area contributed by atoms with Gasteiger partial charge in [-0.05, 0) is 35.8 Å². The van der Waals surface area contributed by atoms with Crippen LogP contribution in [-0.4, -0.2) is 59.8 Å². The topological polar surface area (TPSA) is 90.8 Å². The summed E-state index contributed by atoms with van der Waals surface area (Å²) in [6.07, 6.45) is 0.241. The average Bonchev–Trinajstić information content (AvgIpc) is 3.28. The van der Waals surface area contributed by atoms with E-state index in [0.717, 1.165) is 16.7 Å². The van der Waals surface area contributed by atoms with Crippen LogP contribution in [0.3, 0.4) is 0 Å². The summed E-state index contributed by atoms with van der Waals surface area (Å²) in [5.74, 6) is -0.364. The van der Waals surface area contributed by atoms with Crippen molar-refractivity contribution in [3.8, 4) is 0 Å². The summed E-state index contributed by atoms with van der Waals surface area (Å²) in [6, 6.07) is 12.0. The van der Waals surface area contributed by atoms with Crippen molar-refractivity contribution >= 4 is 15.9 Å². The number of sulfonamides is 1. The molecule has 0 saturated heterocycles. The fraction of sp³-hybridized carbons (Fsp3) is 0.300. The highest BCUT2D eigenvalue weighted by Crippen LogP contribution is 2.30. The Balaban J connectivity index is 1.42. The van der Waals surface area contributed by atoms with Crippen molar-refractivity contribution < 1.29 is 18.3 Å². The van der Waals surface area contributed by atoms with Gasteiger partial charge in [0.15, 0.2) is 11.1 Å². The number of carbonyl (C=O) groups excluding carboxylic acids is 1. The number of aromatic nitrogens is 1. The standard InChI is InChI=1S/C20H21N3O4S/c1-14-5-7-15(8-6-14)19(24)20(25)22-10-16-12-23(13-17(16)11-22)28(26,27)18-4-2-3-9-21-18/h2-9,19,24H,10-13H2,1H3/t19-/m1/s1. The van der Waals surface area contributed by atoms with Crippen LogP contribution < -0.4 is 0 Å². The number of rotatable bonds is 4. The number of aliphatic hydroxyl groups excluding tert-OH is 1. The molecule has 7 nitrogen and oxygen atoms in total. The summed E-state index contributed by atoms with van der Waals surface area (Å²) in [5, 5.41) is 10.4. The number of amides is 1. The molecule has 1 aromatic heterocycles. The van der Waals surface area contributed by atoms with Crippen LogP contribution in [0.4, 0.5) is 0 Å². The molecule has 1 N–H and O–H groups in total. The lowest BCUT2D eigenvalue weighted by Gasteiger charge is -2.24. The molecular weight excluding hydrogens is 378 g/mol. The van der Waals surface area contributed by atoms with E-state index in [9.17, 15) is 18.3 Å². The van der Waals surface area contributed by atoms with Crippen molar-refractivity contribution in [3.05, 3.63) is 70.9 Å². The van der Waals surface area contributed by atoms with Gasteiger partial charge in [0.1, 0.15) is 0 Å². The largest absolute Gasteiger partial charge is 0.378 e. The molecule has 1 aromatic carbocycles. The molecule has 0 radical (unpaired) electrons. The normalized spacial score (nSPS) is 18.4. The van der Waals surface area contributed by atoms with Gasteiger partial charge in [-0.2, -0.15) is 4.31 Å². The molecule has 2 aliphatic heterocycles. The van der Waals surface area contributed by atoms with Gasteiger partial charge < -0.3 is 10.0 Å². The van der Waals surface area contributed by atoms with E-state index in [1.807, 2.05) is 19.1 Å². The fourth-order valence-corrected chi connectivity index (χ4v) is 4.93. The Hall–Kier alpha value is -2.55. The highest BCUT2D eigenvalue weighted by atomic mass is 32.2. The Morgan fingerprint density at radius 3 is 2.25 bits per heavy atom. The molecule has 2 aromatic rings. The Morgan fingerprint density at radius 1 is 1.04 bits per heavy atom. The highest BCUT2D eigenvalue weighted by Gasteiger charge is 2.39. The lowest BCUT2D eigenvalue weighted by molar-refractivity contribution is -0.139. The molecular formula is C20H21N3O4S. The van der Waals surface area contributed by atoms with Crippen molar-refractivity contribution in [1.82, 2.24) is 14.2 Å². The van der Waals surface area contributed by atoms with E-state index in [0.29, 0.717) is 18.7 Å². The number of hydrogen-bond donors (Lipinski definition) is 1. The molecule has 28 heavy (non-hydrogen) atoms. The number of hydrogen-bond acceptors (Lipinski definition) is 5. The van der Waals surface area contributed by atoms with Crippen LogP contribution in [0.15, 0.2) is 64.8 Å². The van der Waals surface area contributed by atoms with Gasteiger partial charge in [0, 0.05) is 32.4 Å². The SMILES string of the molecule is Cc1ccc([C@@H](O)C(=O)N2CC3=C(C2)CN(S(=O)(=O)c2ccccn2)C3)cc1. The minimum atomic E-state index is -3.65. The number of nitrogens with zero attached hydrogens (tertiary/aromatic N) is 3. The van der Waals surface area contributed by atoms with Crippen LogP contribution in [0, 0.1) is 6.92 Å². The van der Waals surface area contributed by atoms with E-state index in [1.54, 1.807) is 29.2 Å². The third-order valence-corrected chi connectivity index (χ3v) is 6.89. The van der Waals surface area contributed by atoms with Gasteiger partial charge in [0.2, 0.25) is 0 Å². The van der Waals surface area contributed by atoms with E-state index in [-0.39, 0.29) is 24.0 Å². The number of pyridine rings is 1. The quantitative estimate of drug-likeness (QED) is 0.782. The molecule has 0 unspecified atom stereocenters. The van der Waals surface area contributed by atoms with Crippen molar-refractivity contribution in [3.63, 3.8) is 0 Å².